The number of amides is 1. The highest BCUT2D eigenvalue weighted by atomic mass is 35.5. The quantitative estimate of drug-likeness (QED) is 0.479. The van der Waals surface area contributed by atoms with Gasteiger partial charge in [-0.15, -0.1) is 12.4 Å². The van der Waals surface area contributed by atoms with Gasteiger partial charge in [-0.05, 0) is 72.1 Å². The fourth-order valence-corrected chi connectivity index (χ4v) is 4.15. The zero-order valence-electron chi connectivity index (χ0n) is 18.2. The number of nitrogens with zero attached hydrogens (tertiary/aromatic N) is 5. The summed E-state index contributed by atoms with van der Waals surface area (Å²) in [5, 5.41) is 5.03. The molecule has 2 heterocycles. The second kappa shape index (κ2) is 10.7. The second-order valence-corrected chi connectivity index (χ2v) is 8.44. The van der Waals surface area contributed by atoms with E-state index in [2.05, 4.69) is 10.00 Å². The van der Waals surface area contributed by atoms with Gasteiger partial charge in [0.05, 0.1) is 16.8 Å². The maximum Gasteiger partial charge on any atom is 0.278 e. The fourth-order valence-electron chi connectivity index (χ4n) is 3.13. The molecule has 30 heavy (non-hydrogen) atoms. The molecule has 0 bridgehead atoms. The zero-order chi connectivity index (χ0) is 21.0. The van der Waals surface area contributed by atoms with Crippen LogP contribution in [0.15, 0.2) is 30.5 Å². The lowest BCUT2D eigenvalue weighted by Gasteiger charge is -2.22. The third kappa shape index (κ3) is 5.50. The Morgan fingerprint density at radius 2 is 2.00 bits per heavy atom. The summed E-state index contributed by atoms with van der Waals surface area (Å²) in [6.45, 7) is 8.11. The van der Waals surface area contributed by atoms with E-state index in [1.54, 1.807) is 21.8 Å². The molecule has 0 aliphatic carbocycles. The van der Waals surface area contributed by atoms with Crippen molar-refractivity contribution in [3.63, 3.8) is 0 Å². The van der Waals surface area contributed by atoms with Gasteiger partial charge in [-0.1, -0.05) is 11.3 Å². The van der Waals surface area contributed by atoms with Crippen molar-refractivity contribution in [2.75, 3.05) is 38.7 Å². The average Bonchev–Trinajstić information content (AvgIpc) is 3.31. The number of fused-ring (bicyclic) bond motifs is 1. The van der Waals surface area contributed by atoms with Crippen LogP contribution in [0, 0.1) is 0 Å². The Balaban J connectivity index is 0.00000320. The van der Waals surface area contributed by atoms with Crippen LogP contribution in [0.4, 0.5) is 5.13 Å². The van der Waals surface area contributed by atoms with Crippen LogP contribution in [0.1, 0.15) is 43.7 Å². The van der Waals surface area contributed by atoms with Crippen LogP contribution in [0.3, 0.4) is 0 Å². The topological polar surface area (TPSA) is 63.5 Å². The van der Waals surface area contributed by atoms with Crippen molar-refractivity contribution in [1.82, 2.24) is 19.7 Å². The van der Waals surface area contributed by atoms with Gasteiger partial charge in [0, 0.05) is 18.8 Å². The SMILES string of the molecule is CCOc1ccc2nc(N(CCCN(C)C)C(=O)c3ccnn3C(C)C)sc2c1.Cl. The number of halogens is 1. The minimum Gasteiger partial charge on any atom is -0.494 e. The molecule has 0 fully saturated rings. The molecular formula is C21H30ClN5O2S. The molecule has 1 amide bonds. The normalized spacial score (nSPS) is 11.2. The number of thiazole rings is 1. The summed E-state index contributed by atoms with van der Waals surface area (Å²) in [5.41, 5.74) is 1.45. The lowest BCUT2D eigenvalue weighted by atomic mass is 10.3. The van der Waals surface area contributed by atoms with E-state index in [1.165, 1.54) is 11.3 Å². The molecule has 3 rings (SSSR count). The molecule has 0 saturated carbocycles. The Hall–Kier alpha value is -2.16. The van der Waals surface area contributed by atoms with E-state index < -0.39 is 0 Å². The molecule has 0 aliphatic heterocycles. The summed E-state index contributed by atoms with van der Waals surface area (Å²) in [7, 11) is 4.07. The van der Waals surface area contributed by atoms with Crippen molar-refractivity contribution in [3.05, 3.63) is 36.2 Å². The van der Waals surface area contributed by atoms with Crippen molar-refractivity contribution in [2.45, 2.75) is 33.2 Å². The van der Waals surface area contributed by atoms with E-state index >= 15 is 0 Å². The van der Waals surface area contributed by atoms with E-state index in [9.17, 15) is 4.79 Å². The molecule has 7 nitrogen and oxygen atoms in total. The summed E-state index contributed by atoms with van der Waals surface area (Å²) in [6, 6.07) is 7.74. The van der Waals surface area contributed by atoms with Crippen molar-refractivity contribution >= 4 is 45.0 Å². The Bertz CT molecular complexity index is 969. The molecule has 0 aliphatic rings. The van der Waals surface area contributed by atoms with Gasteiger partial charge < -0.3 is 9.64 Å². The number of hydrogen-bond donors (Lipinski definition) is 0. The standard InChI is InChI=1S/C21H29N5O2S.ClH/c1-6-28-16-8-9-17-19(14-16)29-21(23-17)25(13-7-12-24(4)5)20(27)18-10-11-22-26(18)15(2)3;/h8-11,14-15H,6-7,12-13H2,1-5H3;1H. The molecule has 3 aromatic rings. The van der Waals surface area contributed by atoms with Crippen LogP contribution >= 0.6 is 23.7 Å². The van der Waals surface area contributed by atoms with Crippen molar-refractivity contribution in [3.8, 4) is 5.75 Å². The summed E-state index contributed by atoms with van der Waals surface area (Å²) < 4.78 is 8.38. The minimum atomic E-state index is -0.0703. The molecule has 164 valence electrons. The zero-order valence-corrected chi connectivity index (χ0v) is 19.8. The molecule has 0 N–H and O–H groups in total. The van der Waals surface area contributed by atoms with Crippen molar-refractivity contribution in [2.24, 2.45) is 0 Å². The number of rotatable bonds is 9. The lowest BCUT2D eigenvalue weighted by molar-refractivity contribution is 0.0974. The summed E-state index contributed by atoms with van der Waals surface area (Å²) in [5.74, 6) is 0.748. The van der Waals surface area contributed by atoms with Crippen molar-refractivity contribution in [1.29, 1.82) is 0 Å². The molecule has 0 saturated heterocycles. The minimum absolute atomic E-state index is 0. The molecule has 0 spiro atoms. The van der Waals surface area contributed by atoms with E-state index in [-0.39, 0.29) is 24.4 Å². The highest BCUT2D eigenvalue weighted by Gasteiger charge is 2.24. The van der Waals surface area contributed by atoms with Gasteiger partial charge in [0.2, 0.25) is 0 Å². The number of carbonyl (C=O) groups excluding carboxylic acids is 1. The molecule has 0 atom stereocenters. The first kappa shape index (κ1) is 24.1. The highest BCUT2D eigenvalue weighted by molar-refractivity contribution is 7.22. The molecule has 0 unspecified atom stereocenters. The number of carbonyl (C=O) groups is 1. The number of anilines is 1. The molecule has 9 heteroatoms. The van der Waals surface area contributed by atoms with Gasteiger partial charge in [-0.3, -0.25) is 14.4 Å². The molecule has 2 aromatic heterocycles. The van der Waals surface area contributed by atoms with Crippen LogP contribution in [0.2, 0.25) is 0 Å². The number of aromatic nitrogens is 3. The Morgan fingerprint density at radius 1 is 1.23 bits per heavy atom. The first-order valence-electron chi connectivity index (χ1n) is 9.94. The largest absolute Gasteiger partial charge is 0.494 e. The fraction of sp³-hybridized carbons (Fsp3) is 0.476. The number of benzene rings is 1. The van der Waals surface area contributed by atoms with Gasteiger partial charge >= 0.3 is 0 Å². The lowest BCUT2D eigenvalue weighted by Crippen LogP contribution is -2.35. The molecular weight excluding hydrogens is 422 g/mol. The van der Waals surface area contributed by atoms with E-state index in [0.717, 1.165) is 28.9 Å². The van der Waals surface area contributed by atoms with E-state index in [1.807, 2.05) is 53.1 Å². The molecule has 1 aromatic carbocycles. The first-order chi connectivity index (χ1) is 13.9. The summed E-state index contributed by atoms with van der Waals surface area (Å²) in [6.07, 6.45) is 2.53. The third-order valence-electron chi connectivity index (χ3n) is 4.50. The predicted molar refractivity (Wildman–Crippen MR) is 125 cm³/mol. The monoisotopic (exact) mass is 451 g/mol. The number of hydrogen-bond acceptors (Lipinski definition) is 6. The smallest absolute Gasteiger partial charge is 0.278 e. The van der Waals surface area contributed by atoms with E-state index in [0.29, 0.717) is 24.0 Å². The second-order valence-electron chi connectivity index (χ2n) is 7.43. The van der Waals surface area contributed by atoms with Crippen LogP contribution < -0.4 is 9.64 Å². The number of ether oxygens (including phenoxy) is 1. The van der Waals surface area contributed by atoms with E-state index in [4.69, 9.17) is 9.72 Å². The van der Waals surface area contributed by atoms with Crippen LogP contribution in [0.5, 0.6) is 5.75 Å². The van der Waals surface area contributed by atoms with Crippen molar-refractivity contribution < 1.29 is 9.53 Å². The Labute approximate surface area is 188 Å². The third-order valence-corrected chi connectivity index (χ3v) is 5.54. The maximum atomic E-state index is 13.4. The Kier molecular flexibility index (Phi) is 8.64. The van der Waals surface area contributed by atoms with Crippen LogP contribution in [-0.4, -0.2) is 59.4 Å². The van der Waals surface area contributed by atoms with Crippen LogP contribution in [0.25, 0.3) is 10.2 Å². The van der Waals surface area contributed by atoms with Gasteiger partial charge in [0.25, 0.3) is 5.91 Å². The highest BCUT2D eigenvalue weighted by Crippen LogP contribution is 2.32. The van der Waals surface area contributed by atoms with Gasteiger partial charge in [0.1, 0.15) is 11.4 Å². The Morgan fingerprint density at radius 3 is 2.67 bits per heavy atom. The first-order valence-corrected chi connectivity index (χ1v) is 10.8. The van der Waals surface area contributed by atoms with Gasteiger partial charge in [0.15, 0.2) is 5.13 Å². The average molecular weight is 452 g/mol. The summed E-state index contributed by atoms with van der Waals surface area (Å²) in [4.78, 5) is 22.1. The van der Waals surface area contributed by atoms with Crippen LogP contribution in [-0.2, 0) is 0 Å². The molecule has 0 radical (unpaired) electrons. The predicted octanol–water partition coefficient (Wildman–Crippen LogP) is 4.49. The maximum absolute atomic E-state index is 13.4. The summed E-state index contributed by atoms with van der Waals surface area (Å²) >= 11 is 1.51. The van der Waals surface area contributed by atoms with Gasteiger partial charge in [-0.2, -0.15) is 5.10 Å². The van der Waals surface area contributed by atoms with Gasteiger partial charge in [-0.25, -0.2) is 4.98 Å².